The van der Waals surface area contributed by atoms with Crippen molar-refractivity contribution in [2.24, 2.45) is 0 Å². The molecule has 0 bridgehead atoms. The first-order chi connectivity index (χ1) is 14.6. The Morgan fingerprint density at radius 1 is 1.23 bits per heavy atom. The Morgan fingerprint density at radius 3 is 2.65 bits per heavy atom. The highest BCUT2D eigenvalue weighted by Gasteiger charge is 2.25. The number of aromatic nitrogens is 4. The topological polar surface area (TPSA) is 70.4 Å². The van der Waals surface area contributed by atoms with Crippen LogP contribution >= 0.6 is 12.2 Å². The summed E-state index contributed by atoms with van der Waals surface area (Å²) in [5.74, 6) is 0. The largest absolute Gasteiger partial charge is 0.360 e. The number of aryl methyl sites for hydroxylation is 1. The predicted octanol–water partition coefficient (Wildman–Crippen LogP) is 3.84. The smallest absolute Gasteiger partial charge is 0.184 e. The second-order valence-electron chi connectivity index (χ2n) is 9.44. The van der Waals surface area contributed by atoms with E-state index in [1.165, 1.54) is 5.56 Å². The van der Waals surface area contributed by atoms with Crippen LogP contribution in [-0.4, -0.2) is 54.2 Å². The molecule has 168 valence electrons. The highest BCUT2D eigenvalue weighted by atomic mass is 32.1. The standard InChI is InChI=1S/C23H35N7S/c1-8-17(5)24-22(31)29(14-23(6,7)25-15(2)3)13-19-12-18-11-16(4)9-10-20(18)30-21(19)26-27-28-30/h9-12,15,17,25H,8,13-14H2,1-7H3,(H,24,31)/t17-/m0/s1. The average molecular weight is 442 g/mol. The number of tetrazole rings is 1. The van der Waals surface area contributed by atoms with Gasteiger partial charge in [0.05, 0.1) is 5.52 Å². The van der Waals surface area contributed by atoms with Crippen molar-refractivity contribution in [3.05, 3.63) is 35.4 Å². The Kier molecular flexibility index (Phi) is 7.11. The Hall–Kier alpha value is -2.32. The second kappa shape index (κ2) is 9.44. The minimum atomic E-state index is -0.120. The van der Waals surface area contributed by atoms with Crippen LogP contribution < -0.4 is 10.6 Å². The number of benzene rings is 1. The summed E-state index contributed by atoms with van der Waals surface area (Å²) in [6.45, 7) is 16.5. The monoisotopic (exact) mass is 441 g/mol. The molecule has 7 nitrogen and oxygen atoms in total. The fourth-order valence-electron chi connectivity index (χ4n) is 4.01. The normalized spacial score (nSPS) is 13.2. The van der Waals surface area contributed by atoms with E-state index in [0.29, 0.717) is 18.6 Å². The third kappa shape index (κ3) is 5.68. The number of nitrogens with zero attached hydrogens (tertiary/aromatic N) is 5. The van der Waals surface area contributed by atoms with Crippen molar-refractivity contribution >= 4 is 33.9 Å². The zero-order chi connectivity index (χ0) is 22.8. The molecule has 0 unspecified atom stereocenters. The van der Waals surface area contributed by atoms with E-state index in [1.807, 2.05) is 4.52 Å². The first-order valence-electron chi connectivity index (χ1n) is 11.0. The van der Waals surface area contributed by atoms with Gasteiger partial charge in [-0.1, -0.05) is 32.4 Å². The summed E-state index contributed by atoms with van der Waals surface area (Å²) >= 11 is 5.85. The highest BCUT2D eigenvalue weighted by molar-refractivity contribution is 7.80. The summed E-state index contributed by atoms with van der Waals surface area (Å²) in [6, 6.07) is 9.20. The summed E-state index contributed by atoms with van der Waals surface area (Å²) in [4.78, 5) is 2.22. The van der Waals surface area contributed by atoms with Gasteiger partial charge in [-0.25, -0.2) is 0 Å². The molecule has 31 heavy (non-hydrogen) atoms. The first kappa shape index (κ1) is 23.3. The maximum atomic E-state index is 5.85. The Morgan fingerprint density at radius 2 is 1.97 bits per heavy atom. The lowest BCUT2D eigenvalue weighted by Gasteiger charge is -2.37. The van der Waals surface area contributed by atoms with Gasteiger partial charge in [0.2, 0.25) is 0 Å². The van der Waals surface area contributed by atoms with Crippen molar-refractivity contribution in [3.8, 4) is 0 Å². The number of thiocarbonyl (C=S) groups is 1. The van der Waals surface area contributed by atoms with Crippen molar-refractivity contribution in [3.63, 3.8) is 0 Å². The van der Waals surface area contributed by atoms with Crippen molar-refractivity contribution in [2.45, 2.75) is 79.1 Å². The first-order valence-corrected chi connectivity index (χ1v) is 11.4. The quantitative estimate of drug-likeness (QED) is 0.515. The molecule has 0 spiro atoms. The van der Waals surface area contributed by atoms with Gasteiger partial charge in [-0.2, -0.15) is 4.52 Å². The molecule has 1 aromatic carbocycles. The van der Waals surface area contributed by atoms with E-state index in [0.717, 1.165) is 40.2 Å². The Labute approximate surface area is 190 Å². The predicted molar refractivity (Wildman–Crippen MR) is 131 cm³/mol. The molecule has 0 aliphatic carbocycles. The van der Waals surface area contributed by atoms with Crippen molar-refractivity contribution in [2.75, 3.05) is 6.54 Å². The SMILES string of the molecule is CC[C@H](C)NC(=S)N(Cc1cc2cc(C)ccc2n2nnnc12)CC(C)(C)NC(C)C. The van der Waals surface area contributed by atoms with Crippen LogP contribution in [0.25, 0.3) is 16.6 Å². The molecule has 0 fully saturated rings. The zero-order valence-electron chi connectivity index (χ0n) is 19.7. The van der Waals surface area contributed by atoms with Crippen LogP contribution in [0.2, 0.25) is 0 Å². The molecule has 2 aromatic heterocycles. The van der Waals surface area contributed by atoms with Crippen LogP contribution in [0.15, 0.2) is 24.3 Å². The van der Waals surface area contributed by atoms with Crippen LogP contribution in [0.1, 0.15) is 59.1 Å². The highest BCUT2D eigenvalue weighted by Crippen LogP contribution is 2.22. The van der Waals surface area contributed by atoms with Crippen molar-refractivity contribution in [1.82, 2.24) is 35.6 Å². The maximum absolute atomic E-state index is 5.85. The summed E-state index contributed by atoms with van der Waals surface area (Å²) < 4.78 is 1.82. The van der Waals surface area contributed by atoms with Gasteiger partial charge in [-0.3, -0.25) is 0 Å². The van der Waals surface area contributed by atoms with Gasteiger partial charge in [-0.15, -0.1) is 5.10 Å². The Bertz CT molecular complexity index is 1060. The summed E-state index contributed by atoms with van der Waals surface area (Å²) in [7, 11) is 0. The van der Waals surface area contributed by atoms with Crippen molar-refractivity contribution < 1.29 is 0 Å². The number of hydrogen-bond donors (Lipinski definition) is 2. The van der Waals surface area contributed by atoms with E-state index < -0.39 is 0 Å². The molecule has 3 rings (SSSR count). The van der Waals surface area contributed by atoms with Gasteiger partial charge in [0.1, 0.15) is 0 Å². The number of nitrogens with one attached hydrogen (secondary N) is 2. The third-order valence-electron chi connectivity index (χ3n) is 5.39. The molecule has 8 heteroatoms. The lowest BCUT2D eigenvalue weighted by molar-refractivity contribution is 0.257. The molecule has 2 heterocycles. The second-order valence-corrected chi connectivity index (χ2v) is 9.83. The summed E-state index contributed by atoms with van der Waals surface area (Å²) in [6.07, 6.45) is 1.01. The molecule has 0 amide bonds. The number of fused-ring (bicyclic) bond motifs is 3. The third-order valence-corrected chi connectivity index (χ3v) is 5.77. The lowest BCUT2D eigenvalue weighted by Crippen LogP contribution is -2.55. The summed E-state index contributed by atoms with van der Waals surface area (Å²) in [5.41, 5.74) is 3.91. The molecule has 1 atom stereocenters. The van der Waals surface area contributed by atoms with E-state index >= 15 is 0 Å². The van der Waals surface area contributed by atoms with Gasteiger partial charge in [-0.05, 0) is 75.0 Å². The van der Waals surface area contributed by atoms with Crippen LogP contribution in [0.4, 0.5) is 0 Å². The van der Waals surface area contributed by atoms with E-state index in [-0.39, 0.29) is 5.54 Å². The molecular weight excluding hydrogens is 406 g/mol. The lowest BCUT2D eigenvalue weighted by atomic mass is 10.0. The minimum Gasteiger partial charge on any atom is -0.360 e. The van der Waals surface area contributed by atoms with Gasteiger partial charge in [0.15, 0.2) is 10.8 Å². The summed E-state index contributed by atoms with van der Waals surface area (Å²) in [5, 5.41) is 21.5. The van der Waals surface area contributed by atoms with Gasteiger partial charge < -0.3 is 15.5 Å². The maximum Gasteiger partial charge on any atom is 0.184 e. The molecule has 0 aliphatic rings. The molecular formula is C23H35N7S. The van der Waals surface area contributed by atoms with E-state index in [1.54, 1.807) is 0 Å². The van der Waals surface area contributed by atoms with Gasteiger partial charge in [0.25, 0.3) is 0 Å². The van der Waals surface area contributed by atoms with Crippen LogP contribution in [0.3, 0.4) is 0 Å². The minimum absolute atomic E-state index is 0.120. The van der Waals surface area contributed by atoms with E-state index in [9.17, 15) is 0 Å². The molecule has 2 N–H and O–H groups in total. The fraction of sp³-hybridized carbons (Fsp3) is 0.565. The molecule has 0 saturated carbocycles. The van der Waals surface area contributed by atoms with E-state index in [2.05, 4.69) is 104 Å². The number of hydrogen-bond acceptors (Lipinski definition) is 5. The molecule has 0 radical (unpaired) electrons. The fourth-order valence-corrected chi connectivity index (χ4v) is 4.34. The van der Waals surface area contributed by atoms with Crippen LogP contribution in [0, 0.1) is 6.92 Å². The number of rotatable bonds is 8. The van der Waals surface area contributed by atoms with E-state index in [4.69, 9.17) is 12.2 Å². The molecule has 0 aliphatic heterocycles. The number of pyridine rings is 1. The van der Waals surface area contributed by atoms with Crippen LogP contribution in [0.5, 0.6) is 0 Å². The molecule has 3 aromatic rings. The van der Waals surface area contributed by atoms with Gasteiger partial charge >= 0.3 is 0 Å². The Balaban J connectivity index is 2.00. The van der Waals surface area contributed by atoms with Crippen LogP contribution in [-0.2, 0) is 6.54 Å². The van der Waals surface area contributed by atoms with Gasteiger partial charge in [0, 0.05) is 41.7 Å². The molecule has 0 saturated heterocycles. The zero-order valence-corrected chi connectivity index (χ0v) is 20.5. The van der Waals surface area contributed by atoms with Crippen molar-refractivity contribution in [1.29, 1.82) is 0 Å². The average Bonchev–Trinajstić information content (AvgIpc) is 3.16.